The fraction of sp³-hybridized carbons (Fsp3) is 0.500. The van der Waals surface area contributed by atoms with Crippen molar-refractivity contribution in [1.29, 1.82) is 0 Å². The van der Waals surface area contributed by atoms with Gasteiger partial charge in [0.2, 0.25) is 0 Å². The van der Waals surface area contributed by atoms with Gasteiger partial charge in [-0.15, -0.1) is 0 Å². The Hall–Kier alpha value is -1.95. The van der Waals surface area contributed by atoms with Crippen LogP contribution in [0.4, 0.5) is 0 Å². The number of aromatic nitrogens is 2. The second kappa shape index (κ2) is 6.51. The van der Waals surface area contributed by atoms with Gasteiger partial charge < -0.3 is 10.3 Å². The van der Waals surface area contributed by atoms with Crippen molar-refractivity contribution in [3.63, 3.8) is 0 Å². The molecule has 3 atom stereocenters. The molecule has 5 nitrogen and oxygen atoms in total. The predicted molar refractivity (Wildman–Crippen MR) is 97.8 cm³/mol. The molecule has 0 aliphatic heterocycles. The van der Waals surface area contributed by atoms with Crippen molar-refractivity contribution in [3.8, 4) is 0 Å². The summed E-state index contributed by atoms with van der Waals surface area (Å²) in [4.78, 5) is 27.8. The number of nitrogens with zero attached hydrogens (tertiary/aromatic N) is 1. The molecule has 0 spiro atoms. The summed E-state index contributed by atoms with van der Waals surface area (Å²) >= 11 is 5.14. The van der Waals surface area contributed by atoms with Gasteiger partial charge in [-0.3, -0.25) is 14.2 Å². The molecular formula is C18H23N3O2S. The number of H-pyrrole nitrogens is 1. The minimum Gasteiger partial charge on any atom is -0.349 e. The fourth-order valence-corrected chi connectivity index (χ4v) is 3.68. The smallest absolute Gasteiger partial charge is 0.261 e. The predicted octanol–water partition coefficient (Wildman–Crippen LogP) is 3.15. The molecule has 0 saturated heterocycles. The molecule has 1 aromatic heterocycles. The number of nitrogens with one attached hydrogen (secondary N) is 2. The van der Waals surface area contributed by atoms with Crippen molar-refractivity contribution in [2.45, 2.75) is 39.2 Å². The van der Waals surface area contributed by atoms with Crippen LogP contribution in [0.1, 0.15) is 43.5 Å². The molecule has 1 saturated carbocycles. The molecule has 2 N–H and O–H groups in total. The summed E-state index contributed by atoms with van der Waals surface area (Å²) in [7, 11) is 1.63. The van der Waals surface area contributed by atoms with Gasteiger partial charge in [0.05, 0.1) is 10.9 Å². The molecule has 0 radical (unpaired) electrons. The van der Waals surface area contributed by atoms with Gasteiger partial charge >= 0.3 is 0 Å². The van der Waals surface area contributed by atoms with E-state index in [0.717, 1.165) is 12.8 Å². The Kier molecular flexibility index (Phi) is 4.58. The Labute approximate surface area is 146 Å². The highest BCUT2D eigenvalue weighted by Gasteiger charge is 2.28. The first-order valence-corrected chi connectivity index (χ1v) is 8.83. The third-order valence-corrected chi connectivity index (χ3v) is 5.76. The van der Waals surface area contributed by atoms with Gasteiger partial charge in [0.15, 0.2) is 4.77 Å². The molecule has 6 heteroatoms. The molecule has 1 fully saturated rings. The normalized spacial score (nSPS) is 24.0. The summed E-state index contributed by atoms with van der Waals surface area (Å²) in [5.41, 5.74) is 0.989. The third kappa shape index (κ3) is 3.02. The van der Waals surface area contributed by atoms with Crippen molar-refractivity contribution in [2.75, 3.05) is 0 Å². The van der Waals surface area contributed by atoms with Crippen LogP contribution < -0.4 is 10.9 Å². The maximum atomic E-state index is 12.6. The summed E-state index contributed by atoms with van der Waals surface area (Å²) in [6.07, 6.45) is 3.40. The number of amides is 1. The van der Waals surface area contributed by atoms with E-state index in [2.05, 4.69) is 24.1 Å². The number of carbonyl (C=O) groups excluding carboxylic acids is 1. The lowest BCUT2D eigenvalue weighted by Crippen LogP contribution is -2.43. The molecule has 0 unspecified atom stereocenters. The minimum atomic E-state index is -0.157. The first-order valence-electron chi connectivity index (χ1n) is 8.42. The summed E-state index contributed by atoms with van der Waals surface area (Å²) in [6.45, 7) is 4.45. The highest BCUT2D eigenvalue weighted by Crippen LogP contribution is 2.29. The van der Waals surface area contributed by atoms with Gasteiger partial charge in [-0.25, -0.2) is 0 Å². The molecule has 1 amide bonds. The van der Waals surface area contributed by atoms with E-state index in [9.17, 15) is 9.59 Å². The van der Waals surface area contributed by atoms with E-state index in [0.29, 0.717) is 33.1 Å². The molecule has 2 aromatic rings. The quantitative estimate of drug-likeness (QED) is 0.822. The number of rotatable bonds is 2. The topological polar surface area (TPSA) is 66.9 Å². The van der Waals surface area contributed by atoms with E-state index in [1.54, 1.807) is 25.2 Å². The number of hydrogen-bond acceptors (Lipinski definition) is 3. The maximum absolute atomic E-state index is 12.6. The van der Waals surface area contributed by atoms with Gasteiger partial charge in [0.1, 0.15) is 0 Å². The minimum absolute atomic E-state index is 0.0946. The van der Waals surface area contributed by atoms with Crippen LogP contribution >= 0.6 is 12.2 Å². The number of benzene rings is 1. The van der Waals surface area contributed by atoms with Crippen molar-refractivity contribution in [3.05, 3.63) is 38.9 Å². The van der Waals surface area contributed by atoms with Crippen molar-refractivity contribution in [1.82, 2.24) is 14.9 Å². The Bertz CT molecular complexity index is 899. The third-order valence-electron chi connectivity index (χ3n) is 5.39. The molecule has 1 heterocycles. The van der Waals surface area contributed by atoms with E-state index in [4.69, 9.17) is 12.2 Å². The van der Waals surface area contributed by atoms with E-state index in [1.165, 1.54) is 11.0 Å². The van der Waals surface area contributed by atoms with Crippen molar-refractivity contribution < 1.29 is 4.79 Å². The Morgan fingerprint density at radius 3 is 2.83 bits per heavy atom. The van der Waals surface area contributed by atoms with Crippen LogP contribution in [-0.2, 0) is 7.05 Å². The van der Waals surface area contributed by atoms with Crippen molar-refractivity contribution >= 4 is 29.0 Å². The van der Waals surface area contributed by atoms with E-state index in [-0.39, 0.29) is 17.5 Å². The number of hydrogen-bond donors (Lipinski definition) is 2. The lowest BCUT2D eigenvalue weighted by molar-refractivity contribution is 0.0891. The molecule has 0 bridgehead atoms. The first kappa shape index (κ1) is 16.9. The van der Waals surface area contributed by atoms with Crippen LogP contribution in [0.5, 0.6) is 0 Å². The van der Waals surface area contributed by atoms with E-state index in [1.807, 2.05) is 0 Å². The Balaban J connectivity index is 1.89. The molecule has 1 aromatic carbocycles. The molecular weight excluding hydrogens is 322 g/mol. The van der Waals surface area contributed by atoms with Gasteiger partial charge in [0.25, 0.3) is 11.5 Å². The van der Waals surface area contributed by atoms with Crippen LogP contribution in [0.15, 0.2) is 23.0 Å². The van der Waals surface area contributed by atoms with Crippen LogP contribution in [0, 0.1) is 16.6 Å². The maximum Gasteiger partial charge on any atom is 0.261 e. The second-order valence-corrected chi connectivity index (χ2v) is 7.29. The van der Waals surface area contributed by atoms with Gasteiger partial charge in [-0.2, -0.15) is 0 Å². The summed E-state index contributed by atoms with van der Waals surface area (Å²) in [5.74, 6) is 1.00. The van der Waals surface area contributed by atoms with Crippen LogP contribution in [0.25, 0.3) is 10.9 Å². The zero-order valence-corrected chi connectivity index (χ0v) is 15.1. The van der Waals surface area contributed by atoms with E-state index < -0.39 is 0 Å². The van der Waals surface area contributed by atoms with Gasteiger partial charge in [-0.05, 0) is 48.7 Å². The number of fused-ring (bicyclic) bond motifs is 1. The molecule has 1 aliphatic carbocycles. The second-order valence-electron chi connectivity index (χ2n) is 6.90. The average molecular weight is 345 g/mol. The summed E-state index contributed by atoms with van der Waals surface area (Å²) < 4.78 is 1.74. The lowest BCUT2D eigenvalue weighted by Gasteiger charge is -2.34. The SMILES string of the molecule is C[C@H]1[C@H](C)CCC[C@H]1NC(=O)c1ccc2c(=O)n(C)c(=S)[nH]c2c1. The highest BCUT2D eigenvalue weighted by atomic mass is 32.1. The average Bonchev–Trinajstić information content (AvgIpc) is 2.56. The molecule has 128 valence electrons. The molecule has 24 heavy (non-hydrogen) atoms. The van der Waals surface area contributed by atoms with Crippen LogP contribution in [-0.4, -0.2) is 21.5 Å². The van der Waals surface area contributed by atoms with Gasteiger partial charge in [0, 0.05) is 18.7 Å². The first-order chi connectivity index (χ1) is 11.4. The Morgan fingerprint density at radius 1 is 1.33 bits per heavy atom. The van der Waals surface area contributed by atoms with E-state index >= 15 is 0 Å². The van der Waals surface area contributed by atoms with Crippen molar-refractivity contribution in [2.24, 2.45) is 18.9 Å². The largest absolute Gasteiger partial charge is 0.349 e. The summed E-state index contributed by atoms with van der Waals surface area (Å²) in [6, 6.07) is 5.30. The Morgan fingerprint density at radius 2 is 2.08 bits per heavy atom. The number of aromatic amines is 1. The number of carbonyl (C=O) groups is 1. The van der Waals surface area contributed by atoms with Gasteiger partial charge in [-0.1, -0.05) is 26.7 Å². The van der Waals surface area contributed by atoms with Crippen LogP contribution in [0.2, 0.25) is 0 Å². The standard InChI is InChI=1S/C18H23N3O2S/c1-10-5-4-6-14(11(10)2)19-16(22)12-7-8-13-15(9-12)20-18(24)21(3)17(13)23/h7-11,14H,4-6H2,1-3H3,(H,19,22)(H,20,24)/t10-,11+,14-/m1/s1. The monoisotopic (exact) mass is 345 g/mol. The highest BCUT2D eigenvalue weighted by molar-refractivity contribution is 7.71. The lowest BCUT2D eigenvalue weighted by atomic mass is 9.78. The summed E-state index contributed by atoms with van der Waals surface area (Å²) in [5, 5.41) is 3.69. The zero-order chi connectivity index (χ0) is 17.4. The van der Waals surface area contributed by atoms with Crippen LogP contribution in [0.3, 0.4) is 0 Å². The molecule has 1 aliphatic rings. The molecule has 3 rings (SSSR count). The fourth-order valence-electron chi connectivity index (χ4n) is 3.48. The zero-order valence-electron chi connectivity index (χ0n) is 14.3.